The highest BCUT2D eigenvalue weighted by Gasteiger charge is 2.28. The fraction of sp³-hybridized carbons (Fsp3) is 0.238. The number of carbonyl (C=O) groups is 1. The molecular weight excluding hydrogens is 424 g/mol. The minimum atomic E-state index is -3.50. The second-order valence-corrected chi connectivity index (χ2v) is 9.53. The summed E-state index contributed by atoms with van der Waals surface area (Å²) in [6.07, 6.45) is 0. The third-order valence-corrected chi connectivity index (χ3v) is 7.00. The van der Waals surface area contributed by atoms with E-state index in [-0.39, 0.29) is 23.9 Å². The summed E-state index contributed by atoms with van der Waals surface area (Å²) >= 11 is 5.87. The van der Waals surface area contributed by atoms with E-state index in [1.165, 1.54) is 4.31 Å². The Morgan fingerprint density at radius 1 is 1.03 bits per heavy atom. The van der Waals surface area contributed by atoms with Crippen LogP contribution in [0.25, 0.3) is 0 Å². The van der Waals surface area contributed by atoms with Crippen molar-refractivity contribution in [3.63, 3.8) is 0 Å². The van der Waals surface area contributed by atoms with Crippen LogP contribution in [-0.4, -0.2) is 35.0 Å². The van der Waals surface area contributed by atoms with Gasteiger partial charge in [0.25, 0.3) is 5.91 Å². The van der Waals surface area contributed by atoms with Crippen molar-refractivity contribution in [1.29, 1.82) is 0 Å². The van der Waals surface area contributed by atoms with E-state index in [1.807, 2.05) is 30.3 Å². The van der Waals surface area contributed by atoms with Crippen LogP contribution in [0.5, 0.6) is 0 Å². The predicted molar refractivity (Wildman–Crippen MR) is 114 cm³/mol. The zero-order chi connectivity index (χ0) is 21.1. The number of halogens is 1. The largest absolute Gasteiger partial charge is 0.347 e. The Balaban J connectivity index is 1.42. The highest BCUT2D eigenvalue weighted by atomic mass is 35.5. The molecule has 4 rings (SSSR count). The normalized spacial score (nSPS) is 14.3. The fourth-order valence-corrected chi connectivity index (χ4v) is 4.95. The number of amides is 1. The van der Waals surface area contributed by atoms with Gasteiger partial charge in [-0.15, -0.1) is 0 Å². The first-order valence-electron chi connectivity index (χ1n) is 9.52. The zero-order valence-electron chi connectivity index (χ0n) is 16.2. The summed E-state index contributed by atoms with van der Waals surface area (Å²) in [5.74, 6) is -0.376. The monoisotopic (exact) mass is 444 g/mol. The maximum atomic E-state index is 12.8. The van der Waals surface area contributed by atoms with E-state index in [0.29, 0.717) is 35.9 Å². The lowest BCUT2D eigenvalue weighted by Crippen LogP contribution is -2.39. The van der Waals surface area contributed by atoms with Crippen LogP contribution in [0.15, 0.2) is 60.7 Å². The Morgan fingerprint density at radius 2 is 1.77 bits per heavy atom. The number of fused-ring (bicyclic) bond motifs is 1. The van der Waals surface area contributed by atoms with Gasteiger partial charge in [0, 0.05) is 18.1 Å². The van der Waals surface area contributed by atoms with Crippen LogP contribution in [0.3, 0.4) is 0 Å². The molecule has 1 N–H and O–H groups in total. The summed E-state index contributed by atoms with van der Waals surface area (Å²) < 4.78 is 28.8. The molecule has 156 valence electrons. The smallest absolute Gasteiger partial charge is 0.272 e. The standard InChI is InChI=1S/C21H21ClN4O3S/c22-18-8-6-17(7-9-18)15-30(28,29)25-10-11-26-19(14-25)12-20(24-26)21(27)23-13-16-4-2-1-3-5-16/h1-9,12H,10-11,13-15H2,(H,23,27). The molecule has 0 fully saturated rings. The third kappa shape index (κ3) is 4.72. The van der Waals surface area contributed by atoms with E-state index in [4.69, 9.17) is 11.6 Å². The van der Waals surface area contributed by atoms with Crippen LogP contribution in [-0.2, 0) is 35.4 Å². The van der Waals surface area contributed by atoms with Gasteiger partial charge in [0.1, 0.15) is 0 Å². The van der Waals surface area contributed by atoms with Crippen LogP contribution in [0.1, 0.15) is 27.3 Å². The van der Waals surface area contributed by atoms with Gasteiger partial charge in [0.15, 0.2) is 5.69 Å². The molecule has 0 unspecified atom stereocenters. The van der Waals surface area contributed by atoms with Crippen molar-refractivity contribution in [3.05, 3.63) is 88.2 Å². The van der Waals surface area contributed by atoms with Crippen LogP contribution in [0, 0.1) is 0 Å². The Bertz CT molecular complexity index is 1140. The highest BCUT2D eigenvalue weighted by molar-refractivity contribution is 7.88. The molecule has 2 heterocycles. The molecular formula is C21H21ClN4O3S. The van der Waals surface area contributed by atoms with Crippen LogP contribution < -0.4 is 5.32 Å². The predicted octanol–water partition coefficient (Wildman–Crippen LogP) is 2.81. The zero-order valence-corrected chi connectivity index (χ0v) is 17.7. The van der Waals surface area contributed by atoms with Crippen molar-refractivity contribution in [2.45, 2.75) is 25.4 Å². The van der Waals surface area contributed by atoms with Crippen molar-refractivity contribution in [2.24, 2.45) is 0 Å². The Kier molecular flexibility index (Phi) is 5.90. The molecule has 30 heavy (non-hydrogen) atoms. The van der Waals surface area contributed by atoms with Gasteiger partial charge in [-0.05, 0) is 29.3 Å². The molecule has 1 aromatic heterocycles. The van der Waals surface area contributed by atoms with Crippen LogP contribution >= 0.6 is 11.6 Å². The molecule has 9 heteroatoms. The van der Waals surface area contributed by atoms with E-state index in [2.05, 4.69) is 10.4 Å². The molecule has 0 saturated carbocycles. The van der Waals surface area contributed by atoms with E-state index in [0.717, 1.165) is 5.56 Å². The van der Waals surface area contributed by atoms with Gasteiger partial charge in [-0.3, -0.25) is 9.48 Å². The summed E-state index contributed by atoms with van der Waals surface area (Å²) in [4.78, 5) is 12.5. The summed E-state index contributed by atoms with van der Waals surface area (Å²) in [6, 6.07) is 18.0. The Morgan fingerprint density at radius 3 is 2.50 bits per heavy atom. The quantitative estimate of drug-likeness (QED) is 0.633. The molecule has 0 aliphatic carbocycles. The number of hydrogen-bond donors (Lipinski definition) is 1. The summed E-state index contributed by atoms with van der Waals surface area (Å²) in [7, 11) is -3.50. The average Bonchev–Trinajstić information content (AvgIpc) is 3.18. The van der Waals surface area contributed by atoms with Crippen LogP contribution in [0.4, 0.5) is 0 Å². The first-order chi connectivity index (χ1) is 14.4. The van der Waals surface area contributed by atoms with Crippen molar-refractivity contribution in [3.8, 4) is 0 Å². The molecule has 7 nitrogen and oxygen atoms in total. The second kappa shape index (κ2) is 8.59. The number of rotatable bonds is 6. The first-order valence-corrected chi connectivity index (χ1v) is 11.5. The van der Waals surface area contributed by atoms with Gasteiger partial charge >= 0.3 is 0 Å². The molecule has 0 spiro atoms. The molecule has 0 bridgehead atoms. The number of nitrogens with one attached hydrogen (secondary N) is 1. The van der Waals surface area contributed by atoms with Gasteiger partial charge < -0.3 is 5.32 Å². The third-order valence-electron chi connectivity index (χ3n) is 4.95. The van der Waals surface area contributed by atoms with E-state index >= 15 is 0 Å². The maximum absolute atomic E-state index is 12.8. The molecule has 1 aliphatic heterocycles. The number of benzene rings is 2. The molecule has 3 aromatic rings. The maximum Gasteiger partial charge on any atom is 0.272 e. The fourth-order valence-electron chi connectivity index (χ4n) is 3.34. The van der Waals surface area contributed by atoms with Gasteiger partial charge in [-0.25, -0.2) is 8.42 Å². The number of carbonyl (C=O) groups excluding carboxylic acids is 1. The van der Waals surface area contributed by atoms with Crippen LogP contribution in [0.2, 0.25) is 5.02 Å². The SMILES string of the molecule is O=C(NCc1ccccc1)c1cc2n(n1)CCN(S(=O)(=O)Cc1ccc(Cl)cc1)C2. The molecule has 2 aromatic carbocycles. The molecule has 0 radical (unpaired) electrons. The number of nitrogens with zero attached hydrogens (tertiary/aromatic N) is 3. The number of sulfonamides is 1. The lowest BCUT2D eigenvalue weighted by Gasteiger charge is -2.26. The topological polar surface area (TPSA) is 84.3 Å². The van der Waals surface area contributed by atoms with Gasteiger partial charge in [0.2, 0.25) is 10.0 Å². The van der Waals surface area contributed by atoms with E-state index in [1.54, 1.807) is 35.0 Å². The average molecular weight is 445 g/mol. The van der Waals surface area contributed by atoms with Gasteiger partial charge in [-0.1, -0.05) is 54.1 Å². The van der Waals surface area contributed by atoms with Gasteiger partial charge in [-0.2, -0.15) is 9.40 Å². The molecule has 0 atom stereocenters. The Labute approximate surface area is 180 Å². The Hall–Kier alpha value is -2.68. The lowest BCUT2D eigenvalue weighted by atomic mass is 10.2. The summed E-state index contributed by atoms with van der Waals surface area (Å²) in [5, 5.41) is 7.75. The number of aromatic nitrogens is 2. The van der Waals surface area contributed by atoms with Crippen molar-refractivity contribution in [1.82, 2.24) is 19.4 Å². The van der Waals surface area contributed by atoms with E-state index in [9.17, 15) is 13.2 Å². The first kappa shape index (κ1) is 20.6. The second-order valence-electron chi connectivity index (χ2n) is 7.13. The minimum Gasteiger partial charge on any atom is -0.347 e. The summed E-state index contributed by atoms with van der Waals surface area (Å²) in [6.45, 7) is 1.31. The lowest BCUT2D eigenvalue weighted by molar-refractivity contribution is 0.0945. The molecule has 0 saturated heterocycles. The van der Waals surface area contributed by atoms with Crippen molar-refractivity contribution in [2.75, 3.05) is 6.54 Å². The highest BCUT2D eigenvalue weighted by Crippen LogP contribution is 2.20. The number of hydrogen-bond acceptors (Lipinski definition) is 4. The molecule has 1 aliphatic rings. The van der Waals surface area contributed by atoms with E-state index < -0.39 is 10.0 Å². The van der Waals surface area contributed by atoms with Crippen molar-refractivity contribution < 1.29 is 13.2 Å². The van der Waals surface area contributed by atoms with Gasteiger partial charge in [0.05, 0.1) is 24.5 Å². The van der Waals surface area contributed by atoms with Crippen molar-refractivity contribution >= 4 is 27.5 Å². The minimum absolute atomic E-state index is 0.0945. The molecule has 1 amide bonds. The summed E-state index contributed by atoms with van der Waals surface area (Å²) in [5.41, 5.74) is 2.66.